The van der Waals surface area contributed by atoms with E-state index in [0.29, 0.717) is 6.42 Å². The van der Waals surface area contributed by atoms with E-state index in [1.54, 1.807) is 6.20 Å². The first-order valence-corrected chi connectivity index (χ1v) is 4.80. The van der Waals surface area contributed by atoms with Gasteiger partial charge in [-0.05, 0) is 40.4 Å². The summed E-state index contributed by atoms with van der Waals surface area (Å²) < 4.78 is 0.806. The minimum atomic E-state index is -0.750. The van der Waals surface area contributed by atoms with Gasteiger partial charge in [0.15, 0.2) is 0 Å². The third-order valence-corrected chi connectivity index (χ3v) is 2.39. The van der Waals surface area contributed by atoms with E-state index in [2.05, 4.69) is 20.9 Å². The number of aliphatic carboxylic acids is 1. The molecule has 0 aromatic carbocycles. The molecule has 0 unspecified atom stereocenters. The van der Waals surface area contributed by atoms with Gasteiger partial charge in [0.2, 0.25) is 0 Å². The molecule has 1 aromatic heterocycles. The fraction of sp³-hybridized carbons (Fsp3) is 0.333. The standard InChI is InChI=1S/C9H10BrNO2/c10-9-7(4-2-6-11-9)3-1-5-8(12)13/h2,4,6H,1,3,5H2,(H,12,13). The number of carbonyl (C=O) groups is 1. The third-order valence-electron chi connectivity index (χ3n) is 1.67. The van der Waals surface area contributed by atoms with Crippen LogP contribution < -0.4 is 0 Å². The molecular weight excluding hydrogens is 234 g/mol. The molecule has 0 aliphatic carbocycles. The zero-order valence-electron chi connectivity index (χ0n) is 7.03. The molecule has 13 heavy (non-hydrogen) atoms. The number of nitrogens with zero attached hydrogens (tertiary/aromatic N) is 1. The van der Waals surface area contributed by atoms with E-state index in [0.717, 1.165) is 16.6 Å². The summed E-state index contributed by atoms with van der Waals surface area (Å²) in [5.41, 5.74) is 1.06. The van der Waals surface area contributed by atoms with E-state index < -0.39 is 5.97 Å². The van der Waals surface area contributed by atoms with Crippen LogP contribution in [0.15, 0.2) is 22.9 Å². The van der Waals surface area contributed by atoms with Crippen molar-refractivity contribution >= 4 is 21.9 Å². The van der Waals surface area contributed by atoms with Crippen molar-refractivity contribution in [3.63, 3.8) is 0 Å². The Morgan fingerprint density at radius 3 is 3.00 bits per heavy atom. The second-order valence-corrected chi connectivity index (χ2v) is 3.45. The predicted octanol–water partition coefficient (Wildman–Crippen LogP) is 2.25. The maximum Gasteiger partial charge on any atom is 0.303 e. The molecule has 1 N–H and O–H groups in total. The van der Waals surface area contributed by atoms with E-state index in [4.69, 9.17) is 5.11 Å². The molecular formula is C9H10BrNO2. The summed E-state index contributed by atoms with van der Waals surface area (Å²) in [6.07, 6.45) is 3.31. The van der Waals surface area contributed by atoms with Crippen LogP contribution in [-0.4, -0.2) is 16.1 Å². The maximum atomic E-state index is 10.2. The molecule has 0 fully saturated rings. The Morgan fingerprint density at radius 2 is 2.38 bits per heavy atom. The summed E-state index contributed by atoms with van der Waals surface area (Å²) in [5.74, 6) is -0.750. The zero-order valence-corrected chi connectivity index (χ0v) is 8.62. The minimum absolute atomic E-state index is 0.210. The van der Waals surface area contributed by atoms with E-state index >= 15 is 0 Å². The van der Waals surface area contributed by atoms with Crippen molar-refractivity contribution in [2.75, 3.05) is 0 Å². The number of carboxylic acid groups (broad SMARTS) is 1. The molecule has 3 nitrogen and oxygen atoms in total. The van der Waals surface area contributed by atoms with Gasteiger partial charge in [0, 0.05) is 12.6 Å². The SMILES string of the molecule is O=C(O)CCCc1cccnc1Br. The highest BCUT2D eigenvalue weighted by atomic mass is 79.9. The van der Waals surface area contributed by atoms with Gasteiger partial charge in [-0.3, -0.25) is 4.79 Å². The number of pyridine rings is 1. The van der Waals surface area contributed by atoms with Gasteiger partial charge in [0.1, 0.15) is 4.60 Å². The lowest BCUT2D eigenvalue weighted by Gasteiger charge is -2.00. The average Bonchev–Trinajstić information content (AvgIpc) is 2.08. The molecule has 0 radical (unpaired) electrons. The lowest BCUT2D eigenvalue weighted by atomic mass is 10.1. The summed E-state index contributed by atoms with van der Waals surface area (Å²) in [6.45, 7) is 0. The number of carboxylic acids is 1. The molecule has 0 atom stereocenters. The Kier molecular flexibility index (Phi) is 3.89. The molecule has 0 saturated carbocycles. The van der Waals surface area contributed by atoms with Crippen molar-refractivity contribution < 1.29 is 9.90 Å². The highest BCUT2D eigenvalue weighted by Gasteiger charge is 2.01. The van der Waals surface area contributed by atoms with E-state index in [1.165, 1.54) is 0 Å². The number of halogens is 1. The first-order valence-electron chi connectivity index (χ1n) is 4.01. The van der Waals surface area contributed by atoms with Crippen LogP contribution in [0.3, 0.4) is 0 Å². The molecule has 1 heterocycles. The molecule has 4 heteroatoms. The summed E-state index contributed by atoms with van der Waals surface area (Å²) >= 11 is 3.30. The predicted molar refractivity (Wildman–Crippen MR) is 52.5 cm³/mol. The van der Waals surface area contributed by atoms with E-state index in [-0.39, 0.29) is 6.42 Å². The minimum Gasteiger partial charge on any atom is -0.481 e. The first kappa shape index (κ1) is 10.2. The molecule has 0 amide bonds. The van der Waals surface area contributed by atoms with Crippen LogP contribution in [0.2, 0.25) is 0 Å². The molecule has 1 rings (SSSR count). The average molecular weight is 244 g/mol. The summed E-state index contributed by atoms with van der Waals surface area (Å²) in [4.78, 5) is 14.3. The van der Waals surface area contributed by atoms with Crippen molar-refractivity contribution in [3.8, 4) is 0 Å². The van der Waals surface area contributed by atoms with E-state index in [9.17, 15) is 4.79 Å². The van der Waals surface area contributed by atoms with Gasteiger partial charge in [0.25, 0.3) is 0 Å². The lowest BCUT2D eigenvalue weighted by molar-refractivity contribution is -0.137. The second kappa shape index (κ2) is 4.97. The molecule has 0 saturated heterocycles. The topological polar surface area (TPSA) is 50.2 Å². The molecule has 70 valence electrons. The Morgan fingerprint density at radius 1 is 1.62 bits per heavy atom. The molecule has 0 spiro atoms. The van der Waals surface area contributed by atoms with Gasteiger partial charge >= 0.3 is 5.97 Å². The van der Waals surface area contributed by atoms with Gasteiger partial charge in [-0.2, -0.15) is 0 Å². The van der Waals surface area contributed by atoms with Crippen LogP contribution in [0.4, 0.5) is 0 Å². The van der Waals surface area contributed by atoms with Gasteiger partial charge in [-0.15, -0.1) is 0 Å². The van der Waals surface area contributed by atoms with Gasteiger partial charge in [-0.25, -0.2) is 4.98 Å². The van der Waals surface area contributed by atoms with Crippen molar-refractivity contribution in [2.45, 2.75) is 19.3 Å². The van der Waals surface area contributed by atoms with Crippen LogP contribution in [-0.2, 0) is 11.2 Å². The summed E-state index contributed by atoms with van der Waals surface area (Å²) in [5, 5.41) is 8.43. The van der Waals surface area contributed by atoms with Crippen LogP contribution in [0.25, 0.3) is 0 Å². The number of aryl methyl sites for hydroxylation is 1. The Balaban J connectivity index is 2.45. The molecule has 1 aromatic rings. The van der Waals surface area contributed by atoms with E-state index in [1.807, 2.05) is 12.1 Å². The molecule has 0 aliphatic rings. The Bertz CT molecular complexity index is 301. The quantitative estimate of drug-likeness (QED) is 0.826. The monoisotopic (exact) mass is 243 g/mol. The van der Waals surface area contributed by atoms with Crippen LogP contribution in [0.1, 0.15) is 18.4 Å². The molecule has 0 bridgehead atoms. The van der Waals surface area contributed by atoms with Crippen molar-refractivity contribution in [2.24, 2.45) is 0 Å². The number of rotatable bonds is 4. The Labute approximate surface area is 84.9 Å². The fourth-order valence-corrected chi connectivity index (χ4v) is 1.48. The van der Waals surface area contributed by atoms with Crippen molar-refractivity contribution in [3.05, 3.63) is 28.5 Å². The van der Waals surface area contributed by atoms with Gasteiger partial charge < -0.3 is 5.11 Å². The number of aromatic nitrogens is 1. The van der Waals surface area contributed by atoms with Gasteiger partial charge in [0.05, 0.1) is 0 Å². The fourth-order valence-electron chi connectivity index (χ4n) is 1.04. The zero-order chi connectivity index (χ0) is 9.68. The van der Waals surface area contributed by atoms with Crippen LogP contribution >= 0.6 is 15.9 Å². The molecule has 0 aliphatic heterocycles. The van der Waals surface area contributed by atoms with Crippen LogP contribution in [0, 0.1) is 0 Å². The smallest absolute Gasteiger partial charge is 0.303 e. The summed E-state index contributed by atoms with van der Waals surface area (Å²) in [7, 11) is 0. The van der Waals surface area contributed by atoms with Crippen molar-refractivity contribution in [1.82, 2.24) is 4.98 Å². The first-order chi connectivity index (χ1) is 6.20. The highest BCUT2D eigenvalue weighted by Crippen LogP contribution is 2.14. The third kappa shape index (κ3) is 3.55. The largest absolute Gasteiger partial charge is 0.481 e. The maximum absolute atomic E-state index is 10.2. The Hall–Kier alpha value is -0.900. The number of hydrogen-bond donors (Lipinski definition) is 1. The van der Waals surface area contributed by atoms with Crippen LogP contribution in [0.5, 0.6) is 0 Å². The summed E-state index contributed by atoms with van der Waals surface area (Å²) in [6, 6.07) is 3.79. The number of hydrogen-bond acceptors (Lipinski definition) is 2. The highest BCUT2D eigenvalue weighted by molar-refractivity contribution is 9.10. The normalized spacial score (nSPS) is 9.92. The second-order valence-electron chi connectivity index (χ2n) is 2.70. The lowest BCUT2D eigenvalue weighted by Crippen LogP contribution is -1.96. The van der Waals surface area contributed by atoms with Gasteiger partial charge in [-0.1, -0.05) is 6.07 Å². The van der Waals surface area contributed by atoms with Crippen molar-refractivity contribution in [1.29, 1.82) is 0 Å².